The van der Waals surface area contributed by atoms with Crippen molar-refractivity contribution < 1.29 is 19.0 Å². The molecule has 0 saturated heterocycles. The summed E-state index contributed by atoms with van der Waals surface area (Å²) in [6.07, 6.45) is 0. The number of carboxylic acid groups (broad SMARTS) is 1. The number of carboxylic acids is 1. The van der Waals surface area contributed by atoms with E-state index in [0.717, 1.165) is 0 Å². The minimum Gasteiger partial charge on any atom is -0.494 e. The van der Waals surface area contributed by atoms with Crippen LogP contribution in [0.5, 0.6) is 5.75 Å². The van der Waals surface area contributed by atoms with Crippen LogP contribution in [0.15, 0.2) is 18.2 Å². The number of rotatable bonds is 4. The number of nitrogens with zero attached hydrogens (tertiary/aromatic N) is 3. The summed E-state index contributed by atoms with van der Waals surface area (Å²) in [5, 5.41) is 16.2. The Morgan fingerprint density at radius 2 is 2.26 bits per heavy atom. The molecular weight excluding hydrogens is 253 g/mol. The molecule has 0 saturated carbocycles. The van der Waals surface area contributed by atoms with Crippen LogP contribution >= 0.6 is 0 Å². The molecular formula is C12H12FN3O3. The van der Waals surface area contributed by atoms with Crippen molar-refractivity contribution in [3.63, 3.8) is 0 Å². The van der Waals surface area contributed by atoms with E-state index in [1.165, 1.54) is 23.9 Å². The van der Waals surface area contributed by atoms with E-state index >= 15 is 0 Å². The molecule has 0 radical (unpaired) electrons. The second kappa shape index (κ2) is 5.05. The van der Waals surface area contributed by atoms with Gasteiger partial charge in [0.05, 0.1) is 19.3 Å². The average molecular weight is 265 g/mol. The maximum absolute atomic E-state index is 13.5. The number of aromatic nitrogens is 3. The Morgan fingerprint density at radius 3 is 2.79 bits per heavy atom. The third kappa shape index (κ3) is 2.54. The Kier molecular flexibility index (Phi) is 3.46. The molecule has 0 aliphatic rings. The average Bonchev–Trinajstić information content (AvgIpc) is 2.71. The standard InChI is InChI=1S/C12H12FN3O3/c1-7-11(12(17)18)14-15-16(7)6-8-3-4-10(19-2)9(13)5-8/h3-5H,6H2,1-2H3,(H,17,18). The molecule has 0 atom stereocenters. The van der Waals surface area contributed by atoms with Crippen LogP contribution in [0.4, 0.5) is 4.39 Å². The summed E-state index contributed by atoms with van der Waals surface area (Å²) in [5.74, 6) is -1.45. The predicted molar refractivity (Wildman–Crippen MR) is 63.8 cm³/mol. The van der Waals surface area contributed by atoms with E-state index in [2.05, 4.69) is 10.3 Å². The first-order valence-electron chi connectivity index (χ1n) is 5.48. The summed E-state index contributed by atoms with van der Waals surface area (Å²) in [4.78, 5) is 10.8. The van der Waals surface area contributed by atoms with Gasteiger partial charge in [-0.25, -0.2) is 13.9 Å². The lowest BCUT2D eigenvalue weighted by Crippen LogP contribution is -2.06. The molecule has 2 aromatic rings. The van der Waals surface area contributed by atoms with Gasteiger partial charge in [0.2, 0.25) is 0 Å². The topological polar surface area (TPSA) is 77.2 Å². The molecule has 1 aromatic heterocycles. The van der Waals surface area contributed by atoms with Gasteiger partial charge in [0.15, 0.2) is 17.3 Å². The second-order valence-electron chi connectivity index (χ2n) is 3.96. The van der Waals surface area contributed by atoms with E-state index in [1.807, 2.05) is 0 Å². The van der Waals surface area contributed by atoms with Crippen LogP contribution in [0.3, 0.4) is 0 Å². The quantitative estimate of drug-likeness (QED) is 0.906. The molecule has 0 aliphatic heterocycles. The highest BCUT2D eigenvalue weighted by Crippen LogP contribution is 2.18. The molecule has 7 heteroatoms. The monoisotopic (exact) mass is 265 g/mol. The third-order valence-electron chi connectivity index (χ3n) is 2.73. The van der Waals surface area contributed by atoms with Gasteiger partial charge >= 0.3 is 5.97 Å². The zero-order valence-electron chi connectivity index (χ0n) is 10.4. The van der Waals surface area contributed by atoms with E-state index in [9.17, 15) is 9.18 Å². The summed E-state index contributed by atoms with van der Waals surface area (Å²) in [7, 11) is 1.39. The Morgan fingerprint density at radius 1 is 1.53 bits per heavy atom. The van der Waals surface area contributed by atoms with Crippen LogP contribution in [0.1, 0.15) is 21.7 Å². The highest BCUT2D eigenvalue weighted by atomic mass is 19.1. The van der Waals surface area contributed by atoms with Crippen LogP contribution in [0, 0.1) is 12.7 Å². The lowest BCUT2D eigenvalue weighted by molar-refractivity contribution is 0.0689. The zero-order valence-corrected chi connectivity index (χ0v) is 10.4. The normalized spacial score (nSPS) is 10.5. The number of hydrogen-bond donors (Lipinski definition) is 1. The zero-order chi connectivity index (χ0) is 14.0. The van der Waals surface area contributed by atoms with Gasteiger partial charge < -0.3 is 9.84 Å². The molecule has 2 rings (SSSR count). The van der Waals surface area contributed by atoms with E-state index in [-0.39, 0.29) is 18.0 Å². The van der Waals surface area contributed by atoms with E-state index < -0.39 is 11.8 Å². The number of ether oxygens (including phenoxy) is 1. The summed E-state index contributed by atoms with van der Waals surface area (Å²) < 4.78 is 19.8. The first kappa shape index (κ1) is 13.0. The fraction of sp³-hybridized carbons (Fsp3) is 0.250. The fourth-order valence-electron chi connectivity index (χ4n) is 1.69. The van der Waals surface area contributed by atoms with Gasteiger partial charge in [0, 0.05) is 0 Å². The first-order chi connectivity index (χ1) is 9.02. The van der Waals surface area contributed by atoms with Crippen molar-refractivity contribution in [2.24, 2.45) is 0 Å². The first-order valence-corrected chi connectivity index (χ1v) is 5.48. The van der Waals surface area contributed by atoms with Gasteiger partial charge in [-0.1, -0.05) is 11.3 Å². The van der Waals surface area contributed by atoms with Gasteiger partial charge in [0.25, 0.3) is 0 Å². The van der Waals surface area contributed by atoms with Crippen LogP contribution in [0.25, 0.3) is 0 Å². The van der Waals surface area contributed by atoms with Crippen molar-refractivity contribution in [3.05, 3.63) is 41.0 Å². The van der Waals surface area contributed by atoms with Gasteiger partial charge in [-0.15, -0.1) is 5.10 Å². The van der Waals surface area contributed by atoms with Gasteiger partial charge in [0.1, 0.15) is 0 Å². The number of hydrogen-bond acceptors (Lipinski definition) is 4. The third-order valence-corrected chi connectivity index (χ3v) is 2.73. The van der Waals surface area contributed by atoms with E-state index in [4.69, 9.17) is 9.84 Å². The van der Waals surface area contributed by atoms with Crippen molar-refractivity contribution in [1.82, 2.24) is 15.0 Å². The van der Waals surface area contributed by atoms with Crippen LogP contribution < -0.4 is 4.74 Å². The molecule has 0 aliphatic carbocycles. The molecule has 6 nitrogen and oxygen atoms in total. The lowest BCUT2D eigenvalue weighted by atomic mass is 10.2. The lowest BCUT2D eigenvalue weighted by Gasteiger charge is -2.06. The largest absolute Gasteiger partial charge is 0.494 e. The van der Waals surface area contributed by atoms with Gasteiger partial charge in [-0.05, 0) is 24.6 Å². The molecule has 1 aromatic carbocycles. The van der Waals surface area contributed by atoms with Crippen LogP contribution in [0.2, 0.25) is 0 Å². The summed E-state index contributed by atoms with van der Waals surface area (Å²) in [6, 6.07) is 4.51. The smallest absolute Gasteiger partial charge is 0.358 e. The fourth-order valence-corrected chi connectivity index (χ4v) is 1.69. The number of carbonyl (C=O) groups is 1. The summed E-state index contributed by atoms with van der Waals surface area (Å²) >= 11 is 0. The molecule has 0 spiro atoms. The van der Waals surface area contributed by atoms with Gasteiger partial charge in [-0.2, -0.15) is 0 Å². The van der Waals surface area contributed by atoms with Crippen molar-refractivity contribution in [3.8, 4) is 5.75 Å². The number of benzene rings is 1. The van der Waals surface area contributed by atoms with Crippen molar-refractivity contribution in [2.75, 3.05) is 7.11 Å². The Balaban J connectivity index is 2.26. The number of aromatic carboxylic acids is 1. The van der Waals surface area contributed by atoms with E-state index in [1.54, 1.807) is 13.0 Å². The maximum Gasteiger partial charge on any atom is 0.358 e. The minimum absolute atomic E-state index is 0.103. The highest BCUT2D eigenvalue weighted by molar-refractivity contribution is 5.86. The molecule has 100 valence electrons. The van der Waals surface area contributed by atoms with Crippen LogP contribution in [-0.4, -0.2) is 33.2 Å². The molecule has 19 heavy (non-hydrogen) atoms. The number of methoxy groups -OCH3 is 1. The van der Waals surface area contributed by atoms with Crippen LogP contribution in [-0.2, 0) is 6.54 Å². The Hall–Kier alpha value is -2.44. The number of halogens is 1. The predicted octanol–water partition coefficient (Wildman–Crippen LogP) is 1.48. The Labute approximate surface area is 108 Å². The van der Waals surface area contributed by atoms with Crippen molar-refractivity contribution >= 4 is 5.97 Å². The Bertz CT molecular complexity index is 625. The highest BCUT2D eigenvalue weighted by Gasteiger charge is 2.15. The summed E-state index contributed by atoms with van der Waals surface area (Å²) in [5.41, 5.74) is 0.959. The molecule has 0 bridgehead atoms. The summed E-state index contributed by atoms with van der Waals surface area (Å²) in [6.45, 7) is 1.84. The molecule has 0 unspecified atom stereocenters. The SMILES string of the molecule is COc1ccc(Cn2nnc(C(=O)O)c2C)cc1F. The second-order valence-corrected chi connectivity index (χ2v) is 3.96. The van der Waals surface area contributed by atoms with Crippen molar-refractivity contribution in [2.45, 2.75) is 13.5 Å². The molecule has 1 N–H and O–H groups in total. The maximum atomic E-state index is 13.5. The van der Waals surface area contributed by atoms with Crippen molar-refractivity contribution in [1.29, 1.82) is 0 Å². The van der Waals surface area contributed by atoms with Gasteiger partial charge in [-0.3, -0.25) is 0 Å². The minimum atomic E-state index is -1.13. The molecule has 0 amide bonds. The van der Waals surface area contributed by atoms with E-state index in [0.29, 0.717) is 11.3 Å². The molecule has 0 fully saturated rings. The molecule has 1 heterocycles.